The molecule has 0 aliphatic carbocycles. The topological polar surface area (TPSA) is 50.7 Å². The van der Waals surface area contributed by atoms with E-state index in [2.05, 4.69) is 20.3 Å². The summed E-state index contributed by atoms with van der Waals surface area (Å²) < 4.78 is 37.0. The van der Waals surface area contributed by atoms with Crippen LogP contribution in [0.1, 0.15) is 17.0 Å². The Kier molecular flexibility index (Phi) is 4.06. The lowest BCUT2D eigenvalue weighted by Crippen LogP contribution is -2.15. The van der Waals surface area contributed by atoms with Crippen LogP contribution in [-0.2, 0) is 19.3 Å². The van der Waals surface area contributed by atoms with Crippen LogP contribution in [-0.4, -0.2) is 15.0 Å². The maximum Gasteiger partial charge on any atom is 0.417 e. The zero-order valence-corrected chi connectivity index (χ0v) is 9.85. The van der Waals surface area contributed by atoms with E-state index in [0.717, 1.165) is 18.0 Å². The molecule has 0 aliphatic heterocycles. The van der Waals surface area contributed by atoms with Crippen LogP contribution in [0.4, 0.5) is 13.2 Å². The number of alkyl halides is 3. The first-order valence-corrected chi connectivity index (χ1v) is 5.53. The number of hydrogen-bond acceptors (Lipinski definition) is 4. The van der Waals surface area contributed by atoms with Crippen LogP contribution in [0.5, 0.6) is 0 Å². The molecule has 2 heterocycles. The van der Waals surface area contributed by atoms with E-state index in [1.165, 1.54) is 12.4 Å². The molecular formula is C12H11F3N4. The number of rotatable bonds is 4. The predicted molar refractivity (Wildman–Crippen MR) is 61.8 cm³/mol. The molecule has 2 aromatic rings. The molecule has 7 heteroatoms. The van der Waals surface area contributed by atoms with Crippen molar-refractivity contribution < 1.29 is 13.2 Å². The zero-order valence-electron chi connectivity index (χ0n) is 9.85. The summed E-state index contributed by atoms with van der Waals surface area (Å²) in [5.41, 5.74) is 0.607. The Morgan fingerprint density at radius 1 is 1.00 bits per heavy atom. The molecule has 1 N–H and O–H groups in total. The van der Waals surface area contributed by atoms with Crippen molar-refractivity contribution in [1.82, 2.24) is 20.3 Å². The molecule has 0 aromatic carbocycles. The molecule has 4 nitrogen and oxygen atoms in total. The van der Waals surface area contributed by atoms with Crippen molar-refractivity contribution in [1.29, 1.82) is 0 Å². The minimum Gasteiger partial charge on any atom is -0.306 e. The highest BCUT2D eigenvalue weighted by molar-refractivity contribution is 5.16. The second-order valence-corrected chi connectivity index (χ2v) is 3.84. The maximum absolute atomic E-state index is 12.3. The molecule has 100 valence electrons. The van der Waals surface area contributed by atoms with E-state index in [4.69, 9.17) is 0 Å². The van der Waals surface area contributed by atoms with Crippen molar-refractivity contribution in [2.24, 2.45) is 0 Å². The lowest BCUT2D eigenvalue weighted by molar-refractivity contribution is -0.137. The smallest absolute Gasteiger partial charge is 0.306 e. The van der Waals surface area contributed by atoms with Gasteiger partial charge in [-0.25, -0.2) is 9.97 Å². The summed E-state index contributed by atoms with van der Waals surface area (Å²) in [7, 11) is 0. The van der Waals surface area contributed by atoms with Gasteiger partial charge in [0.2, 0.25) is 0 Å². The number of halogens is 3. The van der Waals surface area contributed by atoms with Gasteiger partial charge in [0.25, 0.3) is 0 Å². The third-order valence-corrected chi connectivity index (χ3v) is 2.41. The van der Waals surface area contributed by atoms with Gasteiger partial charge in [-0.15, -0.1) is 0 Å². The van der Waals surface area contributed by atoms with Gasteiger partial charge in [0.1, 0.15) is 6.33 Å². The summed E-state index contributed by atoms with van der Waals surface area (Å²) in [6.45, 7) is 0.882. The first kappa shape index (κ1) is 13.4. The summed E-state index contributed by atoms with van der Waals surface area (Å²) >= 11 is 0. The standard InChI is InChI=1S/C12H11F3N4/c13-12(14,15)9-1-2-10(18-5-9)6-17-7-11-3-4-16-8-19-11/h1-5,8,17H,6-7H2. The Bertz CT molecular complexity index is 511. The van der Waals surface area contributed by atoms with Gasteiger partial charge in [0, 0.05) is 25.5 Å². The molecule has 0 aliphatic rings. The third-order valence-electron chi connectivity index (χ3n) is 2.41. The minimum atomic E-state index is -4.35. The first-order valence-electron chi connectivity index (χ1n) is 5.53. The average Bonchev–Trinajstić information content (AvgIpc) is 2.39. The van der Waals surface area contributed by atoms with Crippen LogP contribution in [0, 0.1) is 0 Å². The Morgan fingerprint density at radius 2 is 1.74 bits per heavy atom. The minimum absolute atomic E-state index is 0.377. The Labute approximate surface area is 107 Å². The van der Waals surface area contributed by atoms with Crippen molar-refractivity contribution in [3.63, 3.8) is 0 Å². The average molecular weight is 268 g/mol. The van der Waals surface area contributed by atoms with E-state index in [0.29, 0.717) is 18.8 Å². The van der Waals surface area contributed by atoms with Crippen molar-refractivity contribution in [3.05, 3.63) is 53.9 Å². The molecule has 0 fully saturated rings. The summed E-state index contributed by atoms with van der Waals surface area (Å²) in [6.07, 6.45) is -0.449. The number of hydrogen-bond donors (Lipinski definition) is 1. The van der Waals surface area contributed by atoms with Gasteiger partial charge in [-0.1, -0.05) is 0 Å². The Hall–Kier alpha value is -2.02. The van der Waals surface area contributed by atoms with Gasteiger partial charge in [-0.3, -0.25) is 4.98 Å². The molecule has 0 bridgehead atoms. The quantitative estimate of drug-likeness (QED) is 0.923. The number of nitrogens with one attached hydrogen (secondary N) is 1. The number of aromatic nitrogens is 3. The molecule has 0 spiro atoms. The van der Waals surface area contributed by atoms with Gasteiger partial charge in [0.05, 0.1) is 17.0 Å². The largest absolute Gasteiger partial charge is 0.417 e. The summed E-state index contributed by atoms with van der Waals surface area (Å²) in [5.74, 6) is 0. The van der Waals surface area contributed by atoms with Gasteiger partial charge >= 0.3 is 6.18 Å². The van der Waals surface area contributed by atoms with Crippen molar-refractivity contribution >= 4 is 0 Å². The van der Waals surface area contributed by atoms with E-state index in [-0.39, 0.29) is 0 Å². The van der Waals surface area contributed by atoms with Gasteiger partial charge < -0.3 is 5.32 Å². The normalized spacial score (nSPS) is 11.5. The second-order valence-electron chi connectivity index (χ2n) is 3.84. The Morgan fingerprint density at radius 3 is 2.26 bits per heavy atom. The lowest BCUT2D eigenvalue weighted by Gasteiger charge is -2.07. The fraction of sp³-hybridized carbons (Fsp3) is 0.250. The molecule has 0 radical (unpaired) electrons. The summed E-state index contributed by atoms with van der Waals surface area (Å²) in [5, 5.41) is 3.04. The second kappa shape index (κ2) is 5.75. The summed E-state index contributed by atoms with van der Waals surface area (Å²) in [6, 6.07) is 4.14. The molecule has 2 aromatic heterocycles. The van der Waals surface area contributed by atoms with E-state index >= 15 is 0 Å². The van der Waals surface area contributed by atoms with Crippen molar-refractivity contribution in [3.8, 4) is 0 Å². The van der Waals surface area contributed by atoms with Crippen LogP contribution in [0.25, 0.3) is 0 Å². The van der Waals surface area contributed by atoms with E-state index in [1.807, 2.05) is 0 Å². The van der Waals surface area contributed by atoms with Crippen LogP contribution in [0.15, 0.2) is 36.9 Å². The number of pyridine rings is 1. The van der Waals surface area contributed by atoms with Crippen LogP contribution in [0.3, 0.4) is 0 Å². The van der Waals surface area contributed by atoms with Crippen LogP contribution >= 0.6 is 0 Å². The highest BCUT2D eigenvalue weighted by atomic mass is 19.4. The molecule has 0 saturated carbocycles. The van der Waals surface area contributed by atoms with E-state index in [9.17, 15) is 13.2 Å². The van der Waals surface area contributed by atoms with Crippen LogP contribution in [0.2, 0.25) is 0 Å². The molecule has 0 saturated heterocycles. The van der Waals surface area contributed by atoms with Gasteiger partial charge in [-0.2, -0.15) is 13.2 Å². The monoisotopic (exact) mass is 268 g/mol. The first-order chi connectivity index (χ1) is 9.05. The predicted octanol–water partition coefficient (Wildman–Crippen LogP) is 2.18. The van der Waals surface area contributed by atoms with Crippen molar-refractivity contribution in [2.75, 3.05) is 0 Å². The molecule has 0 amide bonds. The van der Waals surface area contributed by atoms with E-state index < -0.39 is 11.7 Å². The van der Waals surface area contributed by atoms with E-state index in [1.54, 1.807) is 12.3 Å². The van der Waals surface area contributed by atoms with Gasteiger partial charge in [0.15, 0.2) is 0 Å². The third kappa shape index (κ3) is 3.99. The fourth-order valence-electron chi connectivity index (χ4n) is 1.44. The highest BCUT2D eigenvalue weighted by Gasteiger charge is 2.30. The Balaban J connectivity index is 1.87. The molecule has 2 rings (SSSR count). The molecule has 0 unspecified atom stereocenters. The molecular weight excluding hydrogens is 257 g/mol. The maximum atomic E-state index is 12.3. The number of nitrogens with zero attached hydrogens (tertiary/aromatic N) is 3. The zero-order chi connectivity index (χ0) is 13.7. The SMILES string of the molecule is FC(F)(F)c1ccc(CNCc2ccncn2)nc1. The fourth-order valence-corrected chi connectivity index (χ4v) is 1.44. The highest BCUT2D eigenvalue weighted by Crippen LogP contribution is 2.28. The van der Waals surface area contributed by atoms with Crippen LogP contribution < -0.4 is 5.32 Å². The lowest BCUT2D eigenvalue weighted by atomic mass is 10.2. The van der Waals surface area contributed by atoms with Gasteiger partial charge in [-0.05, 0) is 18.2 Å². The molecule has 0 atom stereocenters. The summed E-state index contributed by atoms with van der Waals surface area (Å²) in [4.78, 5) is 11.6. The van der Waals surface area contributed by atoms with Crippen molar-refractivity contribution in [2.45, 2.75) is 19.3 Å². The molecule has 19 heavy (non-hydrogen) atoms.